The Bertz CT molecular complexity index is 533. The summed E-state index contributed by atoms with van der Waals surface area (Å²) in [5.74, 6) is 3.97. The highest BCUT2D eigenvalue weighted by atomic mass is 16.5. The SMILES string of the molecule is COc1ccc(C=NCC23CCC4C[C@@H](C[C@H](C4)C2)C3)cc1. The molecule has 118 valence electrons. The highest BCUT2D eigenvalue weighted by molar-refractivity contribution is 5.79. The Hall–Kier alpha value is -1.31. The summed E-state index contributed by atoms with van der Waals surface area (Å²) in [4.78, 5) is 4.86. The molecule has 4 aliphatic rings. The second kappa shape index (κ2) is 5.72. The van der Waals surface area contributed by atoms with Crippen LogP contribution >= 0.6 is 0 Å². The fourth-order valence-electron chi connectivity index (χ4n) is 5.54. The van der Waals surface area contributed by atoms with Gasteiger partial charge in [0.15, 0.2) is 0 Å². The minimum atomic E-state index is 0.530. The molecule has 2 heteroatoms. The van der Waals surface area contributed by atoms with E-state index in [9.17, 15) is 0 Å². The van der Waals surface area contributed by atoms with E-state index >= 15 is 0 Å². The Balaban J connectivity index is 1.44. The van der Waals surface area contributed by atoms with Crippen molar-refractivity contribution in [2.75, 3.05) is 13.7 Å². The summed E-state index contributed by atoms with van der Waals surface area (Å²) >= 11 is 0. The molecule has 1 aromatic carbocycles. The molecule has 0 unspecified atom stereocenters. The van der Waals surface area contributed by atoms with Crippen LogP contribution in [0.2, 0.25) is 0 Å². The normalized spacial score (nSPS) is 36.7. The Labute approximate surface area is 134 Å². The number of hydrogen-bond acceptors (Lipinski definition) is 2. The van der Waals surface area contributed by atoms with Gasteiger partial charge >= 0.3 is 0 Å². The lowest BCUT2D eigenvalue weighted by atomic mass is 9.61. The number of methoxy groups -OCH3 is 1. The van der Waals surface area contributed by atoms with Gasteiger partial charge in [0, 0.05) is 12.8 Å². The first-order valence-electron chi connectivity index (χ1n) is 8.89. The van der Waals surface area contributed by atoms with E-state index in [0.717, 1.165) is 30.0 Å². The van der Waals surface area contributed by atoms with E-state index in [1.54, 1.807) is 7.11 Å². The van der Waals surface area contributed by atoms with Crippen LogP contribution < -0.4 is 4.74 Å². The number of ether oxygens (including phenoxy) is 1. The summed E-state index contributed by atoms with van der Waals surface area (Å²) in [6.45, 7) is 1.04. The van der Waals surface area contributed by atoms with Gasteiger partial charge in [-0.3, -0.25) is 4.99 Å². The first-order chi connectivity index (χ1) is 10.7. The van der Waals surface area contributed by atoms with E-state index < -0.39 is 0 Å². The molecule has 4 aliphatic carbocycles. The number of fused-ring (bicyclic) bond motifs is 1. The predicted molar refractivity (Wildman–Crippen MR) is 90.7 cm³/mol. The summed E-state index contributed by atoms with van der Waals surface area (Å²) in [5, 5.41) is 0. The van der Waals surface area contributed by atoms with Crippen LogP contribution in [0.4, 0.5) is 0 Å². The molecule has 0 radical (unpaired) electrons. The Morgan fingerprint density at radius 2 is 1.77 bits per heavy atom. The molecule has 5 rings (SSSR count). The highest BCUT2D eigenvalue weighted by Crippen LogP contribution is 2.57. The number of rotatable bonds is 4. The summed E-state index contributed by atoms with van der Waals surface area (Å²) in [6, 6.07) is 8.20. The van der Waals surface area contributed by atoms with Crippen molar-refractivity contribution < 1.29 is 4.74 Å². The van der Waals surface area contributed by atoms with Gasteiger partial charge in [-0.25, -0.2) is 0 Å². The first-order valence-corrected chi connectivity index (χ1v) is 8.89. The smallest absolute Gasteiger partial charge is 0.118 e. The van der Waals surface area contributed by atoms with Crippen molar-refractivity contribution in [3.05, 3.63) is 29.8 Å². The van der Waals surface area contributed by atoms with Crippen LogP contribution in [0.3, 0.4) is 0 Å². The highest BCUT2D eigenvalue weighted by Gasteiger charge is 2.47. The third kappa shape index (κ3) is 2.80. The topological polar surface area (TPSA) is 21.6 Å². The lowest BCUT2D eigenvalue weighted by Gasteiger charge is -2.44. The van der Waals surface area contributed by atoms with Crippen LogP contribution in [0.15, 0.2) is 29.3 Å². The second-order valence-corrected chi connectivity index (χ2v) is 8.00. The maximum absolute atomic E-state index is 5.21. The van der Waals surface area contributed by atoms with Gasteiger partial charge in [0.1, 0.15) is 5.75 Å². The van der Waals surface area contributed by atoms with Crippen molar-refractivity contribution in [2.24, 2.45) is 28.2 Å². The van der Waals surface area contributed by atoms with E-state index in [4.69, 9.17) is 9.73 Å². The van der Waals surface area contributed by atoms with Crippen molar-refractivity contribution >= 4 is 6.21 Å². The molecule has 0 aliphatic heterocycles. The number of aliphatic imine (C=N–C) groups is 1. The van der Waals surface area contributed by atoms with Gasteiger partial charge < -0.3 is 4.74 Å². The minimum Gasteiger partial charge on any atom is -0.497 e. The van der Waals surface area contributed by atoms with Crippen LogP contribution in [-0.2, 0) is 0 Å². The van der Waals surface area contributed by atoms with E-state index in [1.807, 2.05) is 12.1 Å². The van der Waals surface area contributed by atoms with E-state index in [0.29, 0.717) is 5.41 Å². The minimum absolute atomic E-state index is 0.530. The van der Waals surface area contributed by atoms with Crippen LogP contribution in [-0.4, -0.2) is 19.9 Å². The van der Waals surface area contributed by atoms with Crippen LogP contribution in [0, 0.1) is 23.2 Å². The molecule has 0 aromatic heterocycles. The van der Waals surface area contributed by atoms with Gasteiger partial charge in [-0.05, 0) is 97.9 Å². The molecule has 1 aromatic rings. The third-order valence-corrected chi connectivity index (χ3v) is 6.31. The molecule has 4 bridgehead atoms. The van der Waals surface area contributed by atoms with E-state index in [2.05, 4.69) is 18.3 Å². The summed E-state index contributed by atoms with van der Waals surface area (Å²) in [5.41, 5.74) is 1.71. The zero-order valence-electron chi connectivity index (χ0n) is 13.6. The zero-order chi connectivity index (χ0) is 15.0. The molecule has 2 atom stereocenters. The van der Waals surface area contributed by atoms with Gasteiger partial charge in [-0.1, -0.05) is 0 Å². The molecule has 4 saturated carbocycles. The molecule has 4 fully saturated rings. The van der Waals surface area contributed by atoms with Crippen molar-refractivity contribution in [3.8, 4) is 5.75 Å². The average molecular weight is 297 g/mol. The number of benzene rings is 1. The Morgan fingerprint density at radius 1 is 1.09 bits per heavy atom. The van der Waals surface area contributed by atoms with Gasteiger partial charge in [0.2, 0.25) is 0 Å². The lowest BCUT2D eigenvalue weighted by molar-refractivity contribution is 0.0728. The fourth-order valence-corrected chi connectivity index (χ4v) is 5.54. The molecule has 2 nitrogen and oxygen atoms in total. The maximum atomic E-state index is 5.21. The van der Waals surface area contributed by atoms with Crippen LogP contribution in [0.5, 0.6) is 5.75 Å². The molecule has 0 saturated heterocycles. The number of hydrogen-bond donors (Lipinski definition) is 0. The molecule has 0 amide bonds. The van der Waals surface area contributed by atoms with Crippen LogP contribution in [0.25, 0.3) is 0 Å². The van der Waals surface area contributed by atoms with Gasteiger partial charge in [-0.15, -0.1) is 0 Å². The molecule has 0 N–H and O–H groups in total. The first kappa shape index (κ1) is 14.3. The Morgan fingerprint density at radius 3 is 2.45 bits per heavy atom. The monoisotopic (exact) mass is 297 g/mol. The van der Waals surface area contributed by atoms with Crippen molar-refractivity contribution in [1.82, 2.24) is 0 Å². The van der Waals surface area contributed by atoms with E-state index in [1.165, 1.54) is 50.5 Å². The maximum Gasteiger partial charge on any atom is 0.118 e. The summed E-state index contributed by atoms with van der Waals surface area (Å²) in [7, 11) is 1.71. The standard InChI is InChI=1S/C20H27NO/c1-22-19-4-2-15(3-5-19)13-21-14-20-7-6-16-8-17(11-20)10-18(9-16)12-20/h2-5,13,16-18H,6-12,14H2,1H3/t16?,17-,18-,20?/m0/s1. The molecule has 0 heterocycles. The fraction of sp³-hybridized carbons (Fsp3) is 0.650. The lowest BCUT2D eigenvalue weighted by Crippen LogP contribution is -2.36. The summed E-state index contributed by atoms with van der Waals surface area (Å²) < 4.78 is 5.21. The summed E-state index contributed by atoms with van der Waals surface area (Å²) in [6.07, 6.45) is 12.4. The second-order valence-electron chi connectivity index (χ2n) is 8.00. The number of nitrogens with zero attached hydrogens (tertiary/aromatic N) is 1. The largest absolute Gasteiger partial charge is 0.497 e. The quantitative estimate of drug-likeness (QED) is 0.737. The van der Waals surface area contributed by atoms with Crippen LogP contribution in [0.1, 0.15) is 50.5 Å². The van der Waals surface area contributed by atoms with Crippen molar-refractivity contribution in [3.63, 3.8) is 0 Å². The van der Waals surface area contributed by atoms with Gasteiger partial charge in [-0.2, -0.15) is 0 Å². The predicted octanol–water partition coefficient (Wildman–Crippen LogP) is 4.72. The average Bonchev–Trinajstić information content (AvgIpc) is 2.72. The van der Waals surface area contributed by atoms with Gasteiger partial charge in [0.25, 0.3) is 0 Å². The third-order valence-electron chi connectivity index (χ3n) is 6.31. The Kier molecular flexibility index (Phi) is 3.71. The molecular formula is C20H27NO. The molecule has 0 spiro atoms. The van der Waals surface area contributed by atoms with Crippen molar-refractivity contribution in [2.45, 2.75) is 44.9 Å². The van der Waals surface area contributed by atoms with Crippen molar-refractivity contribution in [1.29, 1.82) is 0 Å². The zero-order valence-corrected chi connectivity index (χ0v) is 13.6. The molecule has 22 heavy (non-hydrogen) atoms. The van der Waals surface area contributed by atoms with Gasteiger partial charge in [0.05, 0.1) is 7.11 Å². The van der Waals surface area contributed by atoms with E-state index in [-0.39, 0.29) is 0 Å². The molecular weight excluding hydrogens is 270 g/mol.